The zero-order valence-electron chi connectivity index (χ0n) is 72.7. The molecule has 2 rings (SSSR count). The normalized spacial score (nSPS) is 14.1. The summed E-state index contributed by atoms with van der Waals surface area (Å²) in [6.07, 6.45) is -6.60. The average Bonchev–Trinajstić information content (AvgIpc) is 0.853. The third-order valence-corrected chi connectivity index (χ3v) is 18.9. The van der Waals surface area contributed by atoms with Crippen LogP contribution in [0.4, 0.5) is 0 Å². The quantitative estimate of drug-likeness (QED) is 0.0393. The highest BCUT2D eigenvalue weighted by atomic mass is 16.4. The van der Waals surface area contributed by atoms with Crippen molar-refractivity contribution in [3.05, 3.63) is 59.7 Å². The van der Waals surface area contributed by atoms with E-state index < -0.39 is 268 Å². The number of nitrogens with one attached hydrogen (secondary N) is 14. The van der Waals surface area contributed by atoms with Crippen LogP contribution in [0, 0.1) is 35.5 Å². The number of nitrogens with two attached hydrogens (primary N) is 1. The first kappa shape index (κ1) is 109. The molecule has 0 radical (unpaired) electrons. The highest BCUT2D eigenvalue weighted by Gasteiger charge is 2.38. The van der Waals surface area contributed by atoms with Gasteiger partial charge >= 0.3 is 29.8 Å². The largest absolute Gasteiger partial charge is 0.508 e. The van der Waals surface area contributed by atoms with Crippen LogP contribution < -0.4 is 80.2 Å². The highest BCUT2D eigenvalue weighted by molar-refractivity contribution is 6.00. The van der Waals surface area contributed by atoms with E-state index in [1.165, 1.54) is 48.5 Å². The Morgan fingerprint density at radius 2 is 0.480 bits per heavy atom. The van der Waals surface area contributed by atoms with Gasteiger partial charge in [0.25, 0.3) is 0 Å². The third kappa shape index (κ3) is 45.4. The zero-order chi connectivity index (χ0) is 94.7. The SMILES string of the molecule is CC(C)C[C@H](NC(=O)[C@H](CCC(=O)O)NC(=O)[C@H](CC(C)C)NC(=O)[C@H](CC(C)C)NC(=O)[C@H](CCC(=O)O)NC(=O)CNC(=O)[C@H](Cc1ccc(O)cc1)NC(=O)CCCC(=O)N[C@@H](Cc1ccc(O)cc1)C(=O)NCC(=O)N[C@@H](CCC(=O)O)C(=O)N[C@@H](CC(C)C)C(=O)N[C@@H](CC(C)C)C(=O)N[C@@H](CCC(=O)O)C(=O)N[C@@H](CC(C)C)C(=O)O)C(N)=O. The lowest BCUT2D eigenvalue weighted by Crippen LogP contribution is -2.59. The van der Waals surface area contributed by atoms with Crippen molar-refractivity contribution in [2.24, 2.45) is 41.2 Å². The van der Waals surface area contributed by atoms with E-state index in [4.69, 9.17) is 5.73 Å². The van der Waals surface area contributed by atoms with Crippen LogP contribution in [0.15, 0.2) is 48.5 Å². The van der Waals surface area contributed by atoms with Gasteiger partial charge in [0.2, 0.25) is 88.6 Å². The first-order valence-corrected chi connectivity index (χ1v) is 41.5. The smallest absolute Gasteiger partial charge is 0.326 e. The topological polar surface area (TPSA) is 677 Å². The molecule has 0 saturated carbocycles. The molecule has 0 heterocycles. The van der Waals surface area contributed by atoms with E-state index in [1.807, 2.05) is 0 Å². The summed E-state index contributed by atoms with van der Waals surface area (Å²) in [4.78, 5) is 266. The molecule has 0 aromatic heterocycles. The maximum absolute atomic E-state index is 14.2. The molecular weight excluding hydrogens is 1640 g/mol. The van der Waals surface area contributed by atoms with Gasteiger partial charge in [-0.15, -0.1) is 0 Å². The van der Waals surface area contributed by atoms with Crippen LogP contribution in [-0.2, 0) is 109 Å². The number of hydrogen-bond donors (Lipinski definition) is 22. The number of amides is 15. The predicted molar refractivity (Wildman–Crippen MR) is 448 cm³/mol. The molecule has 0 bridgehead atoms. The lowest BCUT2D eigenvalue weighted by Gasteiger charge is -2.28. The molecule has 42 heteroatoms. The van der Waals surface area contributed by atoms with Crippen molar-refractivity contribution >= 4 is 118 Å². The van der Waals surface area contributed by atoms with Gasteiger partial charge in [-0.2, -0.15) is 0 Å². The molecule has 2 aromatic rings. The summed E-state index contributed by atoms with van der Waals surface area (Å²) < 4.78 is 0. The van der Waals surface area contributed by atoms with Crippen molar-refractivity contribution in [3.8, 4) is 11.5 Å². The Morgan fingerprint density at radius 3 is 0.728 bits per heavy atom. The van der Waals surface area contributed by atoms with Gasteiger partial charge in [0.05, 0.1) is 13.1 Å². The number of aliphatic carboxylic acids is 5. The Balaban J connectivity index is 2.36. The van der Waals surface area contributed by atoms with Crippen LogP contribution in [-0.4, -0.2) is 240 Å². The monoisotopic (exact) mass is 1770 g/mol. The number of phenolic OH excluding ortho intramolecular Hbond substituents is 2. The van der Waals surface area contributed by atoms with Gasteiger partial charge in [0, 0.05) is 51.4 Å². The van der Waals surface area contributed by atoms with Crippen LogP contribution in [0.3, 0.4) is 0 Å². The molecule has 0 aliphatic carbocycles. The van der Waals surface area contributed by atoms with E-state index in [2.05, 4.69) is 74.4 Å². The van der Waals surface area contributed by atoms with Crippen molar-refractivity contribution < 1.29 is 132 Å². The standard InChI is InChI=1S/C83H127N15O27/c1-42(2)32-56(72(84)113)93-77(118)54(26-30-70(109)110)91-79(120)57(33-43(3)4)96-81(122)59(35-45(7)8)94-75(116)52(24-28-68(105)106)87-66(103)40-85-73(114)61(38-48-16-20-50(99)21-17-48)89-64(101)14-13-15-65(102)90-62(39-49-18-22-51(100)23-19-49)74(115)86-41-67(104)88-53(25-29-69(107)108)76(117)95-60(36-46(9)10)82(123)97-58(34-44(5)6)80(121)92-55(27-31-71(111)112)78(119)98-63(83(124)125)37-47(11)12/h16-23,42-47,52-63,99-100H,13-15,24-41H2,1-12H3,(H2,84,113)(H,85,114)(H,86,115)(H,87,103)(H,88,104)(H,89,101)(H,90,102)(H,91,120)(H,92,121)(H,93,118)(H,94,116)(H,95,117)(H,96,122)(H,97,123)(H,98,119)(H,105,106)(H,107,108)(H,109,110)(H,111,112)(H,124,125)/t52-,53-,54-,55-,56-,57-,58-,59-,60-,61-,62-,63-/m0/s1. The molecular formula is C83H127N15O27. The summed E-state index contributed by atoms with van der Waals surface area (Å²) in [5.74, 6) is -23.3. The number of carbonyl (C=O) groups is 20. The number of aromatic hydroxyl groups is 2. The Morgan fingerprint density at radius 1 is 0.264 bits per heavy atom. The lowest BCUT2D eigenvalue weighted by molar-refractivity contribution is -0.143. The number of rotatable bonds is 60. The van der Waals surface area contributed by atoms with E-state index in [9.17, 15) is 132 Å². The highest BCUT2D eigenvalue weighted by Crippen LogP contribution is 2.19. The van der Waals surface area contributed by atoms with Crippen molar-refractivity contribution in [1.82, 2.24) is 74.4 Å². The van der Waals surface area contributed by atoms with Gasteiger partial charge in [-0.25, -0.2) is 4.79 Å². The van der Waals surface area contributed by atoms with Crippen LogP contribution in [0.5, 0.6) is 11.5 Å². The molecule has 2 aromatic carbocycles. The fourth-order valence-corrected chi connectivity index (χ4v) is 12.7. The number of phenols is 2. The first-order chi connectivity index (χ1) is 58.4. The molecule has 15 amide bonds. The van der Waals surface area contributed by atoms with Gasteiger partial charge in [-0.3, -0.25) is 91.1 Å². The fourth-order valence-electron chi connectivity index (χ4n) is 12.7. The summed E-state index contributed by atoms with van der Waals surface area (Å²) in [6.45, 7) is 18.7. The van der Waals surface area contributed by atoms with Crippen molar-refractivity contribution in [3.63, 3.8) is 0 Å². The Hall–Kier alpha value is -12.6. The van der Waals surface area contributed by atoms with Gasteiger partial charge in [0.1, 0.15) is 84.0 Å². The second kappa shape index (κ2) is 55.5. The predicted octanol–water partition coefficient (Wildman–Crippen LogP) is -0.591. The summed E-state index contributed by atoms with van der Waals surface area (Å²) in [5.41, 5.74) is 6.28. The fraction of sp³-hybridized carbons (Fsp3) is 0.614. The maximum atomic E-state index is 14.2. The summed E-state index contributed by atoms with van der Waals surface area (Å²) in [7, 11) is 0. The maximum Gasteiger partial charge on any atom is 0.326 e. The number of primary amides is 1. The molecule has 0 saturated heterocycles. The number of carboxylic acid groups (broad SMARTS) is 5. The Labute approximate surface area is 724 Å². The van der Waals surface area contributed by atoms with Crippen molar-refractivity contribution in [2.45, 2.75) is 278 Å². The summed E-state index contributed by atoms with van der Waals surface area (Å²) >= 11 is 0. The molecule has 23 N–H and O–H groups in total. The second-order valence-electron chi connectivity index (χ2n) is 33.2. The van der Waals surface area contributed by atoms with Crippen LogP contribution >= 0.6 is 0 Å². The minimum absolute atomic E-state index is 0.00837. The van der Waals surface area contributed by atoms with Crippen LogP contribution in [0.1, 0.15) is 203 Å². The van der Waals surface area contributed by atoms with Crippen molar-refractivity contribution in [2.75, 3.05) is 13.1 Å². The Kier molecular flexibility index (Phi) is 48.2. The van der Waals surface area contributed by atoms with Crippen LogP contribution in [0.25, 0.3) is 0 Å². The molecule has 0 fully saturated rings. The molecule has 125 heavy (non-hydrogen) atoms. The van der Waals surface area contributed by atoms with Crippen molar-refractivity contribution in [1.29, 1.82) is 0 Å². The molecule has 0 aliphatic heterocycles. The number of carboxylic acids is 5. The van der Waals surface area contributed by atoms with E-state index >= 15 is 0 Å². The first-order valence-electron chi connectivity index (χ1n) is 41.5. The second-order valence-corrected chi connectivity index (χ2v) is 33.2. The molecule has 12 atom stereocenters. The molecule has 0 unspecified atom stereocenters. The number of carbonyl (C=O) groups excluding carboxylic acids is 15. The molecule has 0 spiro atoms. The number of hydrogen-bond acceptors (Lipinski definition) is 22. The van der Waals surface area contributed by atoms with E-state index in [1.54, 1.807) is 83.1 Å². The molecule has 0 aliphatic rings. The van der Waals surface area contributed by atoms with Gasteiger partial charge in [0.15, 0.2) is 0 Å². The van der Waals surface area contributed by atoms with E-state index in [0.29, 0.717) is 11.1 Å². The minimum Gasteiger partial charge on any atom is -0.508 e. The van der Waals surface area contributed by atoms with Gasteiger partial charge in [-0.05, 0) is 142 Å². The average molecular weight is 1770 g/mol. The van der Waals surface area contributed by atoms with Gasteiger partial charge < -0.3 is 116 Å². The number of benzene rings is 2. The molecule has 42 nitrogen and oxygen atoms in total. The third-order valence-electron chi connectivity index (χ3n) is 18.9. The minimum atomic E-state index is -1.70. The van der Waals surface area contributed by atoms with Gasteiger partial charge in [-0.1, -0.05) is 107 Å². The summed E-state index contributed by atoms with van der Waals surface area (Å²) in [6, 6.07) is -7.00. The molecule has 696 valence electrons. The van der Waals surface area contributed by atoms with E-state index in [-0.39, 0.29) is 105 Å². The van der Waals surface area contributed by atoms with E-state index in [0.717, 1.165) is 0 Å². The lowest BCUT2D eigenvalue weighted by atomic mass is 9.99. The Bertz CT molecular complexity index is 3770. The van der Waals surface area contributed by atoms with Crippen LogP contribution in [0.2, 0.25) is 0 Å². The summed E-state index contributed by atoms with van der Waals surface area (Å²) in [5, 5.41) is 102. The zero-order valence-corrected chi connectivity index (χ0v) is 72.7.